The van der Waals surface area contributed by atoms with E-state index in [4.69, 9.17) is 4.74 Å². The number of ether oxygens (including phenoxy) is 1. The molecule has 1 unspecified atom stereocenters. The molecule has 3 aliphatic heterocycles. The van der Waals surface area contributed by atoms with E-state index in [0.717, 1.165) is 44.6 Å². The minimum atomic E-state index is -0.204. The van der Waals surface area contributed by atoms with E-state index in [1.807, 2.05) is 16.7 Å². The van der Waals surface area contributed by atoms with Gasteiger partial charge >= 0.3 is 0 Å². The molecule has 0 saturated carbocycles. The highest BCUT2D eigenvalue weighted by molar-refractivity contribution is 5.79. The van der Waals surface area contributed by atoms with E-state index in [1.54, 1.807) is 6.07 Å². The second kappa shape index (κ2) is 5.73. The lowest BCUT2D eigenvalue weighted by Gasteiger charge is -2.45. The van der Waals surface area contributed by atoms with Crippen molar-refractivity contribution in [3.05, 3.63) is 34.2 Å². The molecular formula is C19H26N2O3. The fourth-order valence-electron chi connectivity index (χ4n) is 4.78. The van der Waals surface area contributed by atoms with Crippen molar-refractivity contribution in [1.29, 1.82) is 0 Å². The molecule has 3 aliphatic rings. The third-order valence-electron chi connectivity index (χ3n) is 5.84. The molecule has 24 heavy (non-hydrogen) atoms. The van der Waals surface area contributed by atoms with Crippen LogP contribution in [-0.2, 0) is 16.1 Å². The minimum Gasteiger partial charge on any atom is -0.376 e. The molecule has 5 heteroatoms. The Morgan fingerprint density at radius 1 is 1.25 bits per heavy atom. The van der Waals surface area contributed by atoms with Crippen LogP contribution in [0.2, 0.25) is 0 Å². The quantitative estimate of drug-likeness (QED) is 0.791. The zero-order valence-electron chi connectivity index (χ0n) is 14.5. The van der Waals surface area contributed by atoms with E-state index in [9.17, 15) is 9.59 Å². The van der Waals surface area contributed by atoms with Gasteiger partial charge in [-0.2, -0.15) is 0 Å². The monoisotopic (exact) mass is 330 g/mol. The summed E-state index contributed by atoms with van der Waals surface area (Å²) in [6, 6.07) is 5.53. The Bertz CT molecular complexity index is 709. The van der Waals surface area contributed by atoms with Crippen molar-refractivity contribution in [3.63, 3.8) is 0 Å². The van der Waals surface area contributed by atoms with E-state index in [-0.39, 0.29) is 23.0 Å². The van der Waals surface area contributed by atoms with Gasteiger partial charge in [0, 0.05) is 49.8 Å². The van der Waals surface area contributed by atoms with Crippen LogP contribution in [-0.4, -0.2) is 40.7 Å². The topological polar surface area (TPSA) is 51.5 Å². The second-order valence-electron chi connectivity index (χ2n) is 8.24. The standard InChI is InChI=1S/C19H26N2O3/c1-19(2)9-14(6-7-24-19)18(23)20-10-13-8-15(12-20)16-4-3-5-17(22)21(16)11-13/h3-5,13-15H,6-12H2,1-2H3/t13-,14?,15+/m1/s1. The molecule has 0 spiro atoms. The first-order valence-corrected chi connectivity index (χ1v) is 9.05. The van der Waals surface area contributed by atoms with Crippen LogP contribution in [0.5, 0.6) is 0 Å². The SMILES string of the molecule is CC1(C)CC(C(=O)N2C[C@H]3C[C@@H](C2)c2cccc(=O)n2C3)CCO1. The fraction of sp³-hybridized carbons (Fsp3) is 0.684. The summed E-state index contributed by atoms with van der Waals surface area (Å²) in [5.41, 5.74) is 0.987. The van der Waals surface area contributed by atoms with Crippen LogP contribution in [0.1, 0.15) is 44.7 Å². The van der Waals surface area contributed by atoms with Crippen LogP contribution in [0.15, 0.2) is 23.0 Å². The molecule has 1 amide bonds. The largest absolute Gasteiger partial charge is 0.376 e. The molecule has 0 aliphatic carbocycles. The number of amides is 1. The Morgan fingerprint density at radius 3 is 2.88 bits per heavy atom. The highest BCUT2D eigenvalue weighted by Gasteiger charge is 2.40. The van der Waals surface area contributed by atoms with Gasteiger partial charge in [0.1, 0.15) is 0 Å². The second-order valence-corrected chi connectivity index (χ2v) is 8.24. The Hall–Kier alpha value is -1.62. The van der Waals surface area contributed by atoms with E-state index in [2.05, 4.69) is 18.7 Å². The molecule has 2 bridgehead atoms. The van der Waals surface area contributed by atoms with Gasteiger partial charge in [-0.15, -0.1) is 0 Å². The van der Waals surface area contributed by atoms with Crippen molar-refractivity contribution in [2.75, 3.05) is 19.7 Å². The lowest BCUT2D eigenvalue weighted by molar-refractivity contribution is -0.148. The molecular weight excluding hydrogens is 304 g/mol. The van der Waals surface area contributed by atoms with Gasteiger partial charge in [0.2, 0.25) is 5.91 Å². The number of rotatable bonds is 1. The number of carbonyl (C=O) groups is 1. The number of nitrogens with zero attached hydrogens (tertiary/aromatic N) is 2. The molecule has 0 N–H and O–H groups in total. The zero-order valence-corrected chi connectivity index (χ0v) is 14.5. The predicted molar refractivity (Wildman–Crippen MR) is 90.9 cm³/mol. The molecule has 2 saturated heterocycles. The van der Waals surface area contributed by atoms with E-state index in [1.165, 1.54) is 0 Å². The number of pyridine rings is 1. The molecule has 3 atom stereocenters. The van der Waals surface area contributed by atoms with E-state index >= 15 is 0 Å². The van der Waals surface area contributed by atoms with Gasteiger partial charge in [0.05, 0.1) is 5.60 Å². The van der Waals surface area contributed by atoms with Crippen molar-refractivity contribution in [2.45, 2.75) is 51.2 Å². The van der Waals surface area contributed by atoms with Gasteiger partial charge in [0.25, 0.3) is 5.56 Å². The average Bonchev–Trinajstić information content (AvgIpc) is 2.54. The smallest absolute Gasteiger partial charge is 0.250 e. The van der Waals surface area contributed by atoms with Crippen LogP contribution in [0, 0.1) is 11.8 Å². The summed E-state index contributed by atoms with van der Waals surface area (Å²) in [6.07, 6.45) is 2.71. The lowest BCUT2D eigenvalue weighted by atomic mass is 9.81. The van der Waals surface area contributed by atoms with Crippen molar-refractivity contribution >= 4 is 5.91 Å². The van der Waals surface area contributed by atoms with Gasteiger partial charge in [-0.1, -0.05) is 6.07 Å². The van der Waals surface area contributed by atoms with Crippen molar-refractivity contribution in [2.24, 2.45) is 11.8 Å². The summed E-state index contributed by atoms with van der Waals surface area (Å²) in [5.74, 6) is 1.05. The Morgan fingerprint density at radius 2 is 2.08 bits per heavy atom. The minimum absolute atomic E-state index is 0.0746. The van der Waals surface area contributed by atoms with Gasteiger partial charge < -0.3 is 14.2 Å². The summed E-state index contributed by atoms with van der Waals surface area (Å²) >= 11 is 0. The Kier molecular flexibility index (Phi) is 3.79. The van der Waals surface area contributed by atoms with Crippen LogP contribution in [0.25, 0.3) is 0 Å². The molecule has 130 valence electrons. The molecule has 2 fully saturated rings. The maximum absolute atomic E-state index is 13.1. The number of hydrogen-bond donors (Lipinski definition) is 0. The normalized spacial score (nSPS) is 31.4. The van der Waals surface area contributed by atoms with Crippen molar-refractivity contribution < 1.29 is 9.53 Å². The average molecular weight is 330 g/mol. The Balaban J connectivity index is 1.54. The molecule has 1 aromatic heterocycles. The fourth-order valence-corrected chi connectivity index (χ4v) is 4.78. The van der Waals surface area contributed by atoms with Gasteiger partial charge in [-0.25, -0.2) is 0 Å². The summed E-state index contributed by atoms with van der Waals surface area (Å²) in [5, 5.41) is 0. The molecule has 4 rings (SSSR count). The van der Waals surface area contributed by atoms with Gasteiger partial charge in [0.15, 0.2) is 0 Å². The summed E-state index contributed by atoms with van der Waals surface area (Å²) in [6.45, 7) is 7.08. The molecule has 4 heterocycles. The van der Waals surface area contributed by atoms with Gasteiger partial charge in [-0.3, -0.25) is 9.59 Å². The highest BCUT2D eigenvalue weighted by atomic mass is 16.5. The number of carbonyl (C=O) groups excluding carboxylic acids is 1. The molecule has 1 aromatic rings. The van der Waals surface area contributed by atoms with E-state index in [0.29, 0.717) is 18.4 Å². The van der Waals surface area contributed by atoms with Crippen LogP contribution in [0.3, 0.4) is 0 Å². The first-order chi connectivity index (χ1) is 11.4. The number of likely N-dealkylation sites (tertiary alicyclic amines) is 1. The Labute approximate surface area is 142 Å². The van der Waals surface area contributed by atoms with Crippen molar-refractivity contribution in [1.82, 2.24) is 9.47 Å². The summed E-state index contributed by atoms with van der Waals surface area (Å²) in [4.78, 5) is 27.2. The maximum Gasteiger partial charge on any atom is 0.250 e. The van der Waals surface area contributed by atoms with Crippen molar-refractivity contribution in [3.8, 4) is 0 Å². The third-order valence-corrected chi connectivity index (χ3v) is 5.84. The maximum atomic E-state index is 13.1. The van der Waals surface area contributed by atoms with Gasteiger partial charge in [-0.05, 0) is 45.1 Å². The molecule has 0 aromatic carbocycles. The van der Waals surface area contributed by atoms with E-state index < -0.39 is 0 Å². The van der Waals surface area contributed by atoms with Crippen LogP contribution < -0.4 is 5.56 Å². The highest BCUT2D eigenvalue weighted by Crippen LogP contribution is 2.37. The number of piperidine rings is 1. The number of aromatic nitrogens is 1. The number of hydrogen-bond acceptors (Lipinski definition) is 3. The zero-order chi connectivity index (χ0) is 16.9. The number of fused-ring (bicyclic) bond motifs is 4. The first kappa shape index (κ1) is 15.9. The van der Waals surface area contributed by atoms with Crippen LogP contribution in [0.4, 0.5) is 0 Å². The lowest BCUT2D eigenvalue weighted by Crippen LogP contribution is -2.52. The van der Waals surface area contributed by atoms with Crippen LogP contribution >= 0.6 is 0 Å². The molecule has 0 radical (unpaired) electrons. The summed E-state index contributed by atoms with van der Waals surface area (Å²) < 4.78 is 7.67. The molecule has 5 nitrogen and oxygen atoms in total. The predicted octanol–water partition coefficient (Wildman–Crippen LogP) is 2.00. The third kappa shape index (κ3) is 2.79. The first-order valence-electron chi connectivity index (χ1n) is 9.05. The summed E-state index contributed by atoms with van der Waals surface area (Å²) in [7, 11) is 0.